The molecule has 1 aromatic rings. The van der Waals surface area contributed by atoms with Crippen molar-refractivity contribution in [2.75, 3.05) is 5.32 Å². The normalized spacial score (nSPS) is 17.1. The van der Waals surface area contributed by atoms with Crippen LogP contribution in [-0.4, -0.2) is 17.7 Å². The average molecular weight is 362 g/mol. The molecule has 0 amide bonds. The van der Waals surface area contributed by atoms with Crippen LogP contribution < -0.4 is 5.32 Å². The van der Waals surface area contributed by atoms with Crippen molar-refractivity contribution in [2.45, 2.75) is 19.6 Å². The Morgan fingerprint density at radius 1 is 1.19 bits per heavy atom. The molecule has 0 aliphatic carbocycles. The van der Waals surface area contributed by atoms with Crippen LogP contribution in [0.15, 0.2) is 28.4 Å². The minimum absolute atomic E-state index is 0.0923. The average Bonchev–Trinajstić information content (AvgIpc) is 2.29. The summed E-state index contributed by atoms with van der Waals surface area (Å²) in [6, 6.07) is 1.69. The van der Waals surface area contributed by atoms with Crippen LogP contribution >= 0.6 is 15.9 Å². The maximum absolute atomic E-state index is 13.6. The summed E-state index contributed by atoms with van der Waals surface area (Å²) >= 11 is 2.97. The van der Waals surface area contributed by atoms with Gasteiger partial charge in [-0.25, -0.2) is 18.4 Å². The number of hydrogen-bond donors (Lipinski definition) is 1. The standard InChI is InChI=1S/C13H10BrF2NO4/c1-13(2)20-11(18)7(12(19)21-13)5-17-10-8(14)3-6(15)4-9(10)16/h3-5,17H,1-2H3. The molecule has 1 aromatic carbocycles. The van der Waals surface area contributed by atoms with Gasteiger partial charge in [-0.3, -0.25) is 0 Å². The van der Waals surface area contributed by atoms with Crippen LogP contribution in [0.5, 0.6) is 0 Å². The van der Waals surface area contributed by atoms with Gasteiger partial charge in [0.25, 0.3) is 5.79 Å². The molecule has 1 fully saturated rings. The number of carbonyl (C=O) groups excluding carboxylic acids is 2. The first kappa shape index (κ1) is 15.4. The number of halogens is 3. The van der Waals surface area contributed by atoms with Crippen molar-refractivity contribution in [1.82, 2.24) is 0 Å². The first-order valence-corrected chi connectivity index (χ1v) is 6.57. The second kappa shape index (κ2) is 5.44. The number of hydrogen-bond acceptors (Lipinski definition) is 5. The molecule has 5 nitrogen and oxygen atoms in total. The lowest BCUT2D eigenvalue weighted by molar-refractivity contribution is -0.222. The lowest BCUT2D eigenvalue weighted by atomic mass is 10.2. The molecule has 0 unspecified atom stereocenters. The number of rotatable bonds is 2. The van der Waals surface area contributed by atoms with Crippen molar-refractivity contribution in [2.24, 2.45) is 0 Å². The molecule has 1 heterocycles. The molecule has 1 saturated heterocycles. The van der Waals surface area contributed by atoms with Gasteiger partial charge in [-0.05, 0) is 22.0 Å². The highest BCUT2D eigenvalue weighted by molar-refractivity contribution is 9.10. The van der Waals surface area contributed by atoms with Gasteiger partial charge in [-0.15, -0.1) is 0 Å². The first-order valence-electron chi connectivity index (χ1n) is 5.77. The monoisotopic (exact) mass is 361 g/mol. The maximum atomic E-state index is 13.6. The maximum Gasteiger partial charge on any atom is 0.350 e. The van der Waals surface area contributed by atoms with Gasteiger partial charge in [0.05, 0.1) is 5.69 Å². The third-order valence-electron chi connectivity index (χ3n) is 2.48. The molecule has 1 aliphatic rings. The second-order valence-corrected chi connectivity index (χ2v) is 5.48. The molecule has 0 spiro atoms. The molecule has 0 radical (unpaired) electrons. The Labute approximate surface area is 127 Å². The van der Waals surface area contributed by atoms with Crippen molar-refractivity contribution in [3.8, 4) is 0 Å². The molecule has 112 valence electrons. The third-order valence-corrected chi connectivity index (χ3v) is 3.11. The summed E-state index contributed by atoms with van der Waals surface area (Å²) in [5.74, 6) is -4.81. The quantitative estimate of drug-likeness (QED) is 0.498. The van der Waals surface area contributed by atoms with Crippen LogP contribution in [0.4, 0.5) is 14.5 Å². The summed E-state index contributed by atoms with van der Waals surface area (Å²) in [4.78, 5) is 23.3. The van der Waals surface area contributed by atoms with Crippen molar-refractivity contribution in [1.29, 1.82) is 0 Å². The van der Waals surface area contributed by atoms with Crippen molar-refractivity contribution in [3.63, 3.8) is 0 Å². The summed E-state index contributed by atoms with van der Waals surface area (Å²) < 4.78 is 36.4. The Hall–Kier alpha value is -1.96. The lowest BCUT2D eigenvalue weighted by Gasteiger charge is -2.29. The second-order valence-electron chi connectivity index (χ2n) is 4.63. The molecule has 0 atom stereocenters. The number of ether oxygens (including phenoxy) is 2. The van der Waals surface area contributed by atoms with E-state index < -0.39 is 34.9 Å². The van der Waals surface area contributed by atoms with Gasteiger partial charge in [0.2, 0.25) is 0 Å². The van der Waals surface area contributed by atoms with E-state index in [0.717, 1.165) is 12.3 Å². The van der Waals surface area contributed by atoms with Crippen molar-refractivity contribution >= 4 is 33.6 Å². The van der Waals surface area contributed by atoms with Crippen LogP contribution in [0.2, 0.25) is 0 Å². The largest absolute Gasteiger partial charge is 0.419 e. The summed E-state index contributed by atoms with van der Waals surface area (Å²) in [5, 5.41) is 2.41. The van der Waals surface area contributed by atoms with Crippen molar-refractivity contribution in [3.05, 3.63) is 40.0 Å². The highest BCUT2D eigenvalue weighted by atomic mass is 79.9. The van der Waals surface area contributed by atoms with E-state index >= 15 is 0 Å². The predicted octanol–water partition coefficient (Wildman–Crippen LogP) is 2.86. The minimum Gasteiger partial charge on any atom is -0.419 e. The van der Waals surface area contributed by atoms with Gasteiger partial charge in [0.15, 0.2) is 11.4 Å². The summed E-state index contributed by atoms with van der Waals surface area (Å²) in [7, 11) is 0. The Morgan fingerprint density at radius 3 is 2.29 bits per heavy atom. The fourth-order valence-corrected chi connectivity index (χ4v) is 2.13. The number of cyclic esters (lactones) is 2. The number of carbonyl (C=O) groups is 2. The Balaban J connectivity index is 2.26. The van der Waals surface area contributed by atoms with Gasteiger partial charge in [-0.1, -0.05) is 0 Å². The zero-order chi connectivity index (χ0) is 15.8. The Bertz CT molecular complexity index is 613. The summed E-state index contributed by atoms with van der Waals surface area (Å²) in [5.41, 5.74) is -0.556. The fourth-order valence-electron chi connectivity index (χ4n) is 1.60. The molecule has 1 aliphatic heterocycles. The number of esters is 2. The van der Waals surface area contributed by atoms with Gasteiger partial charge in [-0.2, -0.15) is 0 Å². The number of nitrogens with one attached hydrogen (secondary N) is 1. The zero-order valence-electron chi connectivity index (χ0n) is 11.0. The van der Waals surface area contributed by atoms with E-state index in [1.165, 1.54) is 13.8 Å². The van der Waals surface area contributed by atoms with Crippen molar-refractivity contribution < 1.29 is 27.8 Å². The first-order chi connectivity index (χ1) is 9.69. The van der Waals surface area contributed by atoms with Crippen LogP contribution in [0.3, 0.4) is 0 Å². The van der Waals surface area contributed by atoms with E-state index in [1.54, 1.807) is 0 Å². The van der Waals surface area contributed by atoms with E-state index in [4.69, 9.17) is 9.47 Å². The van der Waals surface area contributed by atoms with Crippen LogP contribution in [-0.2, 0) is 19.1 Å². The number of benzene rings is 1. The lowest BCUT2D eigenvalue weighted by Crippen LogP contribution is -2.42. The molecule has 0 bridgehead atoms. The summed E-state index contributed by atoms with van der Waals surface area (Å²) in [6.07, 6.45) is 0.945. The zero-order valence-corrected chi connectivity index (χ0v) is 12.6. The molecular formula is C13H10BrF2NO4. The minimum atomic E-state index is -1.35. The van der Waals surface area contributed by atoms with E-state index in [0.29, 0.717) is 6.07 Å². The third kappa shape index (κ3) is 3.38. The molecular weight excluding hydrogens is 352 g/mol. The van der Waals surface area contributed by atoms with Gasteiger partial charge in [0, 0.05) is 30.6 Å². The molecule has 2 rings (SSSR count). The molecule has 21 heavy (non-hydrogen) atoms. The van der Waals surface area contributed by atoms with E-state index in [2.05, 4.69) is 21.2 Å². The highest BCUT2D eigenvalue weighted by Crippen LogP contribution is 2.28. The smallest absolute Gasteiger partial charge is 0.350 e. The predicted molar refractivity (Wildman–Crippen MR) is 72.0 cm³/mol. The van der Waals surface area contributed by atoms with Gasteiger partial charge >= 0.3 is 11.9 Å². The van der Waals surface area contributed by atoms with E-state index in [1.807, 2.05) is 0 Å². The van der Waals surface area contributed by atoms with Gasteiger partial charge < -0.3 is 14.8 Å². The molecule has 0 aromatic heterocycles. The highest BCUT2D eigenvalue weighted by Gasteiger charge is 2.39. The van der Waals surface area contributed by atoms with Crippen LogP contribution in [0.25, 0.3) is 0 Å². The molecule has 8 heteroatoms. The molecule has 0 saturated carbocycles. The van der Waals surface area contributed by atoms with E-state index in [9.17, 15) is 18.4 Å². The SMILES string of the molecule is CC1(C)OC(=O)C(=CNc2c(F)cc(F)cc2Br)C(=O)O1. The summed E-state index contributed by atoms with van der Waals surface area (Å²) in [6.45, 7) is 2.81. The number of anilines is 1. The fraction of sp³-hybridized carbons (Fsp3) is 0.231. The Kier molecular flexibility index (Phi) is 3.99. The topological polar surface area (TPSA) is 64.6 Å². The van der Waals surface area contributed by atoms with Crippen LogP contribution in [0.1, 0.15) is 13.8 Å². The Morgan fingerprint density at radius 2 is 1.76 bits per heavy atom. The molecule has 1 N–H and O–H groups in total. The van der Waals surface area contributed by atoms with Crippen LogP contribution in [0, 0.1) is 11.6 Å². The van der Waals surface area contributed by atoms with Gasteiger partial charge in [0.1, 0.15) is 5.82 Å². The van der Waals surface area contributed by atoms with E-state index in [-0.39, 0.29) is 10.2 Å².